The van der Waals surface area contributed by atoms with Gasteiger partial charge in [0.05, 0.1) is 4.90 Å². The van der Waals surface area contributed by atoms with E-state index in [1.165, 1.54) is 30.5 Å². The van der Waals surface area contributed by atoms with Crippen LogP contribution in [0.5, 0.6) is 0 Å². The zero-order chi connectivity index (χ0) is 19.3. The maximum Gasteiger partial charge on any atom is 0.267 e. The number of hydrogen-bond donors (Lipinski definition) is 3. The highest BCUT2D eigenvalue weighted by Crippen LogP contribution is 2.20. The van der Waals surface area contributed by atoms with Crippen molar-refractivity contribution in [1.82, 2.24) is 0 Å². The van der Waals surface area contributed by atoms with Crippen molar-refractivity contribution < 1.29 is 13.2 Å². The predicted octanol–water partition coefficient (Wildman–Crippen LogP) is 2.86. The number of rotatable bonds is 5. The summed E-state index contributed by atoms with van der Waals surface area (Å²) in [5.41, 5.74) is 1.93. The maximum absolute atomic E-state index is 12.2. The van der Waals surface area contributed by atoms with Crippen LogP contribution >= 0.6 is 15.9 Å². The van der Waals surface area contributed by atoms with Crippen molar-refractivity contribution >= 4 is 43.2 Å². The van der Waals surface area contributed by atoms with Crippen molar-refractivity contribution in [2.45, 2.75) is 11.8 Å². The summed E-state index contributed by atoms with van der Waals surface area (Å²) in [6.45, 7) is 1.92. The molecule has 0 saturated carbocycles. The summed E-state index contributed by atoms with van der Waals surface area (Å²) in [5, 5.41) is 19.6. The van der Waals surface area contributed by atoms with Crippen molar-refractivity contribution in [2.75, 3.05) is 10.6 Å². The number of primary sulfonamides is 1. The monoisotopic (exact) mass is 434 g/mol. The number of benzene rings is 2. The van der Waals surface area contributed by atoms with Crippen LogP contribution in [0.15, 0.2) is 63.6 Å². The summed E-state index contributed by atoms with van der Waals surface area (Å²) in [7, 11) is -3.80. The van der Waals surface area contributed by atoms with Gasteiger partial charge in [-0.1, -0.05) is 15.9 Å². The Morgan fingerprint density at radius 3 is 2.35 bits per heavy atom. The van der Waals surface area contributed by atoms with Gasteiger partial charge in [0.15, 0.2) is 0 Å². The van der Waals surface area contributed by atoms with Crippen LogP contribution < -0.4 is 15.8 Å². The lowest BCUT2D eigenvalue weighted by atomic mass is 10.2. The topological polar surface area (TPSA) is 125 Å². The van der Waals surface area contributed by atoms with Crippen molar-refractivity contribution in [3.63, 3.8) is 0 Å². The van der Waals surface area contributed by atoms with Crippen molar-refractivity contribution in [1.29, 1.82) is 5.26 Å². The molecular weight excluding hydrogens is 420 g/mol. The Morgan fingerprint density at radius 1 is 1.19 bits per heavy atom. The second-order valence-corrected chi connectivity index (χ2v) is 7.72. The average Bonchev–Trinajstić information content (AvgIpc) is 2.58. The minimum atomic E-state index is -3.80. The standard InChI is InChI=1S/C17H15BrN4O3S/c1-11-8-14(4-7-16(11)18)21-10-12(9-19)17(23)22-13-2-5-15(6-3-13)26(20,24)25/h2-8,10,21H,1H3,(H,22,23)(H2,20,24,25)/b12-10-. The molecule has 26 heavy (non-hydrogen) atoms. The van der Waals surface area contributed by atoms with Gasteiger partial charge in [-0.15, -0.1) is 0 Å². The number of sulfonamides is 1. The van der Waals surface area contributed by atoms with E-state index in [0.717, 1.165) is 15.7 Å². The zero-order valence-corrected chi connectivity index (χ0v) is 16.1. The average molecular weight is 435 g/mol. The summed E-state index contributed by atoms with van der Waals surface area (Å²) >= 11 is 3.40. The van der Waals surface area contributed by atoms with E-state index in [1.54, 1.807) is 6.07 Å². The van der Waals surface area contributed by atoms with E-state index in [-0.39, 0.29) is 10.5 Å². The first-order chi connectivity index (χ1) is 12.2. The van der Waals surface area contributed by atoms with Gasteiger partial charge in [0.1, 0.15) is 11.6 Å². The molecule has 2 rings (SSSR count). The second kappa shape index (κ2) is 8.14. The number of nitrogens with one attached hydrogen (secondary N) is 2. The van der Waals surface area contributed by atoms with Gasteiger partial charge in [0.25, 0.3) is 5.91 Å². The van der Waals surface area contributed by atoms with Gasteiger partial charge < -0.3 is 10.6 Å². The molecule has 0 radical (unpaired) electrons. The molecule has 0 saturated heterocycles. The normalized spacial score (nSPS) is 11.5. The molecule has 0 aliphatic carbocycles. The molecule has 0 aliphatic heterocycles. The fourth-order valence-electron chi connectivity index (χ4n) is 1.96. The molecule has 0 aliphatic rings. The Kier molecular flexibility index (Phi) is 6.15. The molecule has 0 bridgehead atoms. The first kappa shape index (κ1) is 19.7. The number of amides is 1. The minimum absolute atomic E-state index is 0.0705. The van der Waals surface area contributed by atoms with Crippen molar-refractivity contribution in [3.05, 3.63) is 64.3 Å². The molecule has 9 heteroatoms. The molecule has 7 nitrogen and oxygen atoms in total. The number of aryl methyl sites for hydroxylation is 1. The van der Waals surface area contributed by atoms with Crippen LogP contribution in [0, 0.1) is 18.3 Å². The van der Waals surface area contributed by atoms with Crippen molar-refractivity contribution in [3.8, 4) is 6.07 Å². The Hall–Kier alpha value is -2.67. The van der Waals surface area contributed by atoms with Crippen LogP contribution in [0.25, 0.3) is 0 Å². The lowest BCUT2D eigenvalue weighted by Crippen LogP contribution is -2.15. The van der Waals surface area contributed by atoms with Crippen molar-refractivity contribution in [2.24, 2.45) is 5.14 Å². The first-order valence-corrected chi connectivity index (χ1v) is 9.62. The van der Waals surface area contributed by atoms with Gasteiger partial charge in [-0.3, -0.25) is 4.79 Å². The lowest BCUT2D eigenvalue weighted by Gasteiger charge is -2.07. The number of carbonyl (C=O) groups is 1. The van der Waals surface area contributed by atoms with E-state index < -0.39 is 15.9 Å². The maximum atomic E-state index is 12.2. The van der Waals surface area contributed by atoms with Gasteiger partial charge in [-0.25, -0.2) is 13.6 Å². The molecule has 0 atom stereocenters. The zero-order valence-electron chi connectivity index (χ0n) is 13.7. The lowest BCUT2D eigenvalue weighted by molar-refractivity contribution is -0.112. The van der Waals surface area contributed by atoms with E-state index in [2.05, 4.69) is 26.6 Å². The largest absolute Gasteiger partial charge is 0.360 e. The van der Waals surface area contributed by atoms with E-state index in [4.69, 9.17) is 5.14 Å². The fourth-order valence-corrected chi connectivity index (χ4v) is 2.73. The first-order valence-electron chi connectivity index (χ1n) is 7.28. The van der Waals surface area contributed by atoms with Crippen LogP contribution in [-0.2, 0) is 14.8 Å². The third-order valence-corrected chi connectivity index (χ3v) is 5.17. The molecule has 2 aromatic rings. The Labute approximate surface area is 159 Å². The molecule has 0 heterocycles. The molecule has 0 aromatic heterocycles. The van der Waals surface area contributed by atoms with Crippen LogP contribution in [-0.4, -0.2) is 14.3 Å². The van der Waals surface area contributed by atoms with Crippen LogP contribution in [0.3, 0.4) is 0 Å². The summed E-state index contributed by atoms with van der Waals surface area (Å²) in [5.74, 6) is -0.628. The number of anilines is 2. The Morgan fingerprint density at radius 2 is 1.81 bits per heavy atom. The predicted molar refractivity (Wildman–Crippen MR) is 103 cm³/mol. The molecule has 134 valence electrons. The molecule has 0 unspecified atom stereocenters. The van der Waals surface area contributed by atoms with Gasteiger partial charge in [-0.2, -0.15) is 5.26 Å². The van der Waals surface area contributed by atoms with Gasteiger partial charge in [-0.05, 0) is 55.0 Å². The molecule has 0 spiro atoms. The molecule has 4 N–H and O–H groups in total. The van der Waals surface area contributed by atoms with E-state index in [0.29, 0.717) is 5.69 Å². The minimum Gasteiger partial charge on any atom is -0.360 e. The van der Waals surface area contributed by atoms with Gasteiger partial charge in [0, 0.05) is 22.0 Å². The third kappa shape index (κ3) is 5.16. The molecule has 0 fully saturated rings. The summed E-state index contributed by atoms with van der Waals surface area (Å²) in [4.78, 5) is 12.1. The molecule has 2 aromatic carbocycles. The van der Waals surface area contributed by atoms with Gasteiger partial charge in [0.2, 0.25) is 10.0 Å². The summed E-state index contributed by atoms with van der Waals surface area (Å²) < 4.78 is 23.4. The molecule has 1 amide bonds. The number of nitriles is 1. The van der Waals surface area contributed by atoms with E-state index in [1.807, 2.05) is 25.1 Å². The van der Waals surface area contributed by atoms with Crippen LogP contribution in [0.4, 0.5) is 11.4 Å². The number of nitrogens with zero attached hydrogens (tertiary/aromatic N) is 1. The van der Waals surface area contributed by atoms with Gasteiger partial charge >= 0.3 is 0 Å². The number of nitrogens with two attached hydrogens (primary N) is 1. The quantitative estimate of drug-likeness (QED) is 0.492. The highest BCUT2D eigenvalue weighted by Gasteiger charge is 2.11. The smallest absolute Gasteiger partial charge is 0.267 e. The Balaban J connectivity index is 2.10. The molecular formula is C17H15BrN4O3S. The fraction of sp³-hybridized carbons (Fsp3) is 0.0588. The van der Waals surface area contributed by atoms with Crippen LogP contribution in [0.1, 0.15) is 5.56 Å². The van der Waals surface area contributed by atoms with Crippen LogP contribution in [0.2, 0.25) is 0 Å². The number of carbonyl (C=O) groups excluding carboxylic acids is 1. The second-order valence-electron chi connectivity index (χ2n) is 5.30. The number of halogens is 1. The van der Waals surface area contributed by atoms with E-state index in [9.17, 15) is 18.5 Å². The highest BCUT2D eigenvalue weighted by atomic mass is 79.9. The number of hydrogen-bond acceptors (Lipinski definition) is 5. The third-order valence-electron chi connectivity index (χ3n) is 3.35. The summed E-state index contributed by atoms with van der Waals surface area (Å²) in [6.07, 6.45) is 1.30. The highest BCUT2D eigenvalue weighted by molar-refractivity contribution is 9.10. The Bertz CT molecular complexity index is 1010. The summed E-state index contributed by atoms with van der Waals surface area (Å²) in [6, 6.07) is 12.6. The SMILES string of the molecule is Cc1cc(N/C=C(/C#N)C(=O)Nc2ccc(S(N)(=O)=O)cc2)ccc1Br. The van der Waals surface area contributed by atoms with E-state index >= 15 is 0 Å².